The van der Waals surface area contributed by atoms with E-state index in [0.29, 0.717) is 5.92 Å². The van der Waals surface area contributed by atoms with Crippen LogP contribution in [-0.2, 0) is 19.5 Å². The Balaban J connectivity index is 1.47. The largest absolute Gasteiger partial charge is 0.335 e. The van der Waals surface area contributed by atoms with Crippen LogP contribution in [0.4, 0.5) is 0 Å². The zero-order valence-electron chi connectivity index (χ0n) is 10.6. The maximum atomic E-state index is 4.46. The SMILES string of the molecule is Cc1nc(CNC[C@@H]2CCc3nccn3C2)cs1. The Labute approximate surface area is 111 Å². The van der Waals surface area contributed by atoms with E-state index in [1.54, 1.807) is 11.3 Å². The molecule has 96 valence electrons. The molecule has 2 aromatic heterocycles. The predicted molar refractivity (Wildman–Crippen MR) is 72.6 cm³/mol. The molecule has 0 spiro atoms. The van der Waals surface area contributed by atoms with Crippen LogP contribution in [0.15, 0.2) is 17.8 Å². The summed E-state index contributed by atoms with van der Waals surface area (Å²) in [6, 6.07) is 0. The molecule has 0 aromatic carbocycles. The second-order valence-corrected chi connectivity index (χ2v) is 5.95. The van der Waals surface area contributed by atoms with Crippen molar-refractivity contribution in [2.24, 2.45) is 5.92 Å². The Morgan fingerprint density at radius 3 is 3.33 bits per heavy atom. The highest BCUT2D eigenvalue weighted by Gasteiger charge is 2.18. The smallest absolute Gasteiger partial charge is 0.108 e. The number of aryl methyl sites for hydroxylation is 2. The Kier molecular flexibility index (Phi) is 3.43. The molecule has 2 aromatic rings. The molecule has 1 aliphatic heterocycles. The maximum Gasteiger partial charge on any atom is 0.108 e. The number of hydrogen-bond acceptors (Lipinski definition) is 4. The van der Waals surface area contributed by atoms with E-state index in [-0.39, 0.29) is 0 Å². The predicted octanol–water partition coefficient (Wildman–Crippen LogP) is 2.00. The highest BCUT2D eigenvalue weighted by molar-refractivity contribution is 7.09. The second-order valence-electron chi connectivity index (χ2n) is 4.89. The zero-order valence-corrected chi connectivity index (χ0v) is 11.4. The third-order valence-corrected chi connectivity index (χ3v) is 4.26. The molecule has 0 aliphatic carbocycles. The van der Waals surface area contributed by atoms with Gasteiger partial charge in [-0.3, -0.25) is 0 Å². The molecule has 0 bridgehead atoms. The lowest BCUT2D eigenvalue weighted by Gasteiger charge is -2.23. The summed E-state index contributed by atoms with van der Waals surface area (Å²) < 4.78 is 2.28. The lowest BCUT2D eigenvalue weighted by Crippen LogP contribution is -2.29. The van der Waals surface area contributed by atoms with Gasteiger partial charge in [-0.1, -0.05) is 0 Å². The summed E-state index contributed by atoms with van der Waals surface area (Å²) in [7, 11) is 0. The summed E-state index contributed by atoms with van der Waals surface area (Å²) in [5.41, 5.74) is 1.16. The third-order valence-electron chi connectivity index (χ3n) is 3.44. The molecule has 1 N–H and O–H groups in total. The van der Waals surface area contributed by atoms with Crippen LogP contribution in [0, 0.1) is 12.8 Å². The Morgan fingerprint density at radius 2 is 2.50 bits per heavy atom. The summed E-state index contributed by atoms with van der Waals surface area (Å²) >= 11 is 1.72. The van der Waals surface area contributed by atoms with Gasteiger partial charge in [-0.25, -0.2) is 9.97 Å². The molecular formula is C13H18N4S. The van der Waals surface area contributed by atoms with Crippen molar-refractivity contribution in [2.45, 2.75) is 32.9 Å². The molecule has 3 rings (SSSR count). The van der Waals surface area contributed by atoms with Gasteiger partial charge in [0.2, 0.25) is 0 Å². The molecule has 3 heterocycles. The van der Waals surface area contributed by atoms with Crippen molar-refractivity contribution in [1.82, 2.24) is 19.9 Å². The van der Waals surface area contributed by atoms with Gasteiger partial charge in [0.25, 0.3) is 0 Å². The van der Waals surface area contributed by atoms with E-state index < -0.39 is 0 Å². The monoisotopic (exact) mass is 262 g/mol. The van der Waals surface area contributed by atoms with E-state index in [9.17, 15) is 0 Å². The van der Waals surface area contributed by atoms with Crippen LogP contribution in [0.3, 0.4) is 0 Å². The highest BCUT2D eigenvalue weighted by atomic mass is 32.1. The number of rotatable bonds is 4. The van der Waals surface area contributed by atoms with Gasteiger partial charge in [0, 0.05) is 43.8 Å². The highest BCUT2D eigenvalue weighted by Crippen LogP contribution is 2.18. The van der Waals surface area contributed by atoms with E-state index in [0.717, 1.165) is 36.8 Å². The normalized spacial score (nSPS) is 18.8. The van der Waals surface area contributed by atoms with Crippen molar-refractivity contribution in [1.29, 1.82) is 0 Å². The van der Waals surface area contributed by atoms with Crippen molar-refractivity contribution in [3.63, 3.8) is 0 Å². The van der Waals surface area contributed by atoms with Gasteiger partial charge >= 0.3 is 0 Å². The molecule has 1 atom stereocenters. The summed E-state index contributed by atoms with van der Waals surface area (Å²) in [6.45, 7) is 5.10. The number of hydrogen-bond donors (Lipinski definition) is 1. The molecule has 0 radical (unpaired) electrons. The van der Waals surface area contributed by atoms with E-state index >= 15 is 0 Å². The molecule has 1 aliphatic rings. The number of fused-ring (bicyclic) bond motifs is 1. The lowest BCUT2D eigenvalue weighted by atomic mass is 9.99. The first-order chi connectivity index (χ1) is 8.81. The van der Waals surface area contributed by atoms with Gasteiger partial charge in [0.1, 0.15) is 5.82 Å². The van der Waals surface area contributed by atoms with Gasteiger partial charge in [0.15, 0.2) is 0 Å². The van der Waals surface area contributed by atoms with E-state index in [1.807, 2.05) is 6.20 Å². The second kappa shape index (κ2) is 5.20. The fraction of sp³-hybridized carbons (Fsp3) is 0.538. The first kappa shape index (κ1) is 11.9. The molecule has 5 heteroatoms. The number of nitrogens with one attached hydrogen (secondary N) is 1. The number of imidazole rings is 1. The van der Waals surface area contributed by atoms with Gasteiger partial charge in [-0.15, -0.1) is 11.3 Å². The fourth-order valence-electron chi connectivity index (χ4n) is 2.50. The molecule has 18 heavy (non-hydrogen) atoms. The van der Waals surface area contributed by atoms with Gasteiger partial charge in [0.05, 0.1) is 10.7 Å². The van der Waals surface area contributed by atoms with Gasteiger partial charge in [-0.05, 0) is 19.3 Å². The van der Waals surface area contributed by atoms with Crippen molar-refractivity contribution in [3.05, 3.63) is 34.3 Å². The van der Waals surface area contributed by atoms with Crippen LogP contribution < -0.4 is 5.32 Å². The number of nitrogens with zero attached hydrogens (tertiary/aromatic N) is 3. The van der Waals surface area contributed by atoms with Crippen molar-refractivity contribution < 1.29 is 0 Å². The minimum absolute atomic E-state index is 0.714. The van der Waals surface area contributed by atoms with E-state index in [1.165, 1.54) is 12.2 Å². The topological polar surface area (TPSA) is 42.7 Å². The lowest BCUT2D eigenvalue weighted by molar-refractivity contribution is 0.347. The average molecular weight is 262 g/mol. The minimum Gasteiger partial charge on any atom is -0.335 e. The van der Waals surface area contributed by atoms with E-state index in [2.05, 4.69) is 38.4 Å². The molecule has 4 nitrogen and oxygen atoms in total. The molecule has 0 saturated heterocycles. The fourth-order valence-corrected chi connectivity index (χ4v) is 3.11. The van der Waals surface area contributed by atoms with Crippen LogP contribution >= 0.6 is 11.3 Å². The summed E-state index contributed by atoms with van der Waals surface area (Å²) in [6.07, 6.45) is 6.34. The third kappa shape index (κ3) is 2.62. The molecule has 0 fully saturated rings. The standard InChI is InChI=1S/C13H18N4S/c1-10-16-12(9-18-10)7-14-6-11-2-3-13-15-4-5-17(13)8-11/h4-5,9,11,14H,2-3,6-8H2,1H3/t11-/m0/s1. The summed E-state index contributed by atoms with van der Waals surface area (Å²) in [5.74, 6) is 1.95. The van der Waals surface area contributed by atoms with Crippen LogP contribution in [-0.4, -0.2) is 21.1 Å². The van der Waals surface area contributed by atoms with Crippen molar-refractivity contribution >= 4 is 11.3 Å². The summed E-state index contributed by atoms with van der Waals surface area (Å²) in [5, 5.41) is 6.80. The van der Waals surface area contributed by atoms with Crippen LogP contribution in [0.1, 0.15) is 22.9 Å². The molecule has 0 amide bonds. The van der Waals surface area contributed by atoms with Crippen LogP contribution in [0.2, 0.25) is 0 Å². The van der Waals surface area contributed by atoms with E-state index in [4.69, 9.17) is 0 Å². The Hall–Kier alpha value is -1.20. The number of aromatic nitrogens is 3. The Bertz CT molecular complexity index is 517. The first-order valence-corrected chi connectivity index (χ1v) is 7.31. The zero-order chi connectivity index (χ0) is 12.4. The molecule has 0 saturated carbocycles. The first-order valence-electron chi connectivity index (χ1n) is 6.43. The quantitative estimate of drug-likeness (QED) is 0.916. The summed E-state index contributed by atoms with van der Waals surface area (Å²) in [4.78, 5) is 8.82. The average Bonchev–Trinajstić information content (AvgIpc) is 2.97. The minimum atomic E-state index is 0.714. The number of thiazole rings is 1. The van der Waals surface area contributed by atoms with Gasteiger partial charge < -0.3 is 9.88 Å². The van der Waals surface area contributed by atoms with Crippen molar-refractivity contribution in [3.8, 4) is 0 Å². The maximum absolute atomic E-state index is 4.46. The van der Waals surface area contributed by atoms with Crippen LogP contribution in [0.25, 0.3) is 0 Å². The Morgan fingerprint density at radius 1 is 1.56 bits per heavy atom. The van der Waals surface area contributed by atoms with Crippen LogP contribution in [0.5, 0.6) is 0 Å². The molecular weight excluding hydrogens is 244 g/mol. The van der Waals surface area contributed by atoms with Gasteiger partial charge in [-0.2, -0.15) is 0 Å². The van der Waals surface area contributed by atoms with Crippen molar-refractivity contribution in [2.75, 3.05) is 6.54 Å². The molecule has 0 unspecified atom stereocenters.